The Morgan fingerprint density at radius 1 is 1.32 bits per heavy atom. The molecule has 0 spiro atoms. The predicted octanol–water partition coefficient (Wildman–Crippen LogP) is 3.96. The number of aromatic amines is 1. The Morgan fingerprint density at radius 2 is 2.12 bits per heavy atom. The molecule has 1 aliphatic carbocycles. The first-order valence-electron chi connectivity index (χ1n) is 8.71. The predicted molar refractivity (Wildman–Crippen MR) is 116 cm³/mol. The van der Waals surface area contributed by atoms with Crippen LogP contribution in [-0.4, -0.2) is 29.7 Å². The molecule has 25 heavy (non-hydrogen) atoms. The van der Waals surface area contributed by atoms with Gasteiger partial charge in [-0.05, 0) is 31.2 Å². The Hall–Kier alpha value is -1.09. The largest absolute Gasteiger partial charge is 0.355 e. The fourth-order valence-electron chi connectivity index (χ4n) is 3.53. The molecule has 0 saturated heterocycles. The number of thiophene rings is 1. The van der Waals surface area contributed by atoms with E-state index in [1.165, 1.54) is 42.5 Å². The number of aryl methyl sites for hydroxylation is 1. The standard InChI is InChI=1S/C18H27N5S.HI/c1-14-15(12-22-23-14)11-20-17(19-2)21-13-18(8-4-3-5-9-18)16-7-6-10-24-16;/h6-7,10,12H,3-5,8-9,11,13H2,1-2H3,(H,22,23)(H2,19,20,21);1H. The Balaban J connectivity index is 0.00000225. The van der Waals surface area contributed by atoms with Gasteiger partial charge >= 0.3 is 0 Å². The van der Waals surface area contributed by atoms with Crippen molar-refractivity contribution in [3.05, 3.63) is 39.8 Å². The van der Waals surface area contributed by atoms with Gasteiger partial charge in [-0.2, -0.15) is 5.10 Å². The van der Waals surface area contributed by atoms with Crippen LogP contribution in [0.2, 0.25) is 0 Å². The number of guanidine groups is 1. The molecule has 1 fully saturated rings. The Labute approximate surface area is 171 Å². The Bertz CT molecular complexity index is 659. The Kier molecular flexibility index (Phi) is 7.74. The van der Waals surface area contributed by atoms with Gasteiger partial charge in [-0.1, -0.05) is 25.3 Å². The summed E-state index contributed by atoms with van der Waals surface area (Å²) in [4.78, 5) is 5.89. The van der Waals surface area contributed by atoms with E-state index in [-0.39, 0.29) is 29.4 Å². The molecule has 2 aromatic heterocycles. The van der Waals surface area contributed by atoms with Gasteiger partial charge in [0.1, 0.15) is 0 Å². The molecule has 2 heterocycles. The molecule has 0 bridgehead atoms. The van der Waals surface area contributed by atoms with Gasteiger partial charge in [0.2, 0.25) is 0 Å². The molecule has 1 saturated carbocycles. The van der Waals surface area contributed by atoms with E-state index in [9.17, 15) is 0 Å². The van der Waals surface area contributed by atoms with Crippen molar-refractivity contribution < 1.29 is 0 Å². The van der Waals surface area contributed by atoms with Crippen molar-refractivity contribution in [3.8, 4) is 0 Å². The molecule has 0 atom stereocenters. The third-order valence-electron chi connectivity index (χ3n) is 5.05. The molecule has 138 valence electrons. The molecule has 3 rings (SSSR count). The zero-order valence-corrected chi connectivity index (χ0v) is 18.1. The number of nitrogens with one attached hydrogen (secondary N) is 3. The van der Waals surface area contributed by atoms with Gasteiger partial charge in [0.15, 0.2) is 5.96 Å². The van der Waals surface area contributed by atoms with E-state index < -0.39 is 0 Å². The van der Waals surface area contributed by atoms with Gasteiger partial charge in [-0.15, -0.1) is 35.3 Å². The van der Waals surface area contributed by atoms with Crippen LogP contribution in [0.25, 0.3) is 0 Å². The highest BCUT2D eigenvalue weighted by Gasteiger charge is 2.34. The molecular formula is C18H28IN5S. The van der Waals surface area contributed by atoms with E-state index >= 15 is 0 Å². The van der Waals surface area contributed by atoms with Gasteiger partial charge < -0.3 is 10.6 Å². The quantitative estimate of drug-likeness (QED) is 0.350. The summed E-state index contributed by atoms with van der Waals surface area (Å²) in [6.45, 7) is 3.71. The zero-order valence-electron chi connectivity index (χ0n) is 15.0. The molecule has 0 aromatic carbocycles. The topological polar surface area (TPSA) is 65.1 Å². The minimum Gasteiger partial charge on any atom is -0.355 e. The maximum absolute atomic E-state index is 4.38. The molecule has 0 amide bonds. The maximum Gasteiger partial charge on any atom is 0.191 e. The fraction of sp³-hybridized carbons (Fsp3) is 0.556. The smallest absolute Gasteiger partial charge is 0.191 e. The highest BCUT2D eigenvalue weighted by Crippen LogP contribution is 2.41. The Morgan fingerprint density at radius 3 is 2.72 bits per heavy atom. The number of aromatic nitrogens is 2. The van der Waals surface area contributed by atoms with Gasteiger partial charge in [-0.3, -0.25) is 10.1 Å². The summed E-state index contributed by atoms with van der Waals surface area (Å²) in [7, 11) is 1.83. The van der Waals surface area contributed by atoms with E-state index in [2.05, 4.69) is 43.3 Å². The number of hydrogen-bond acceptors (Lipinski definition) is 3. The third-order valence-corrected chi connectivity index (χ3v) is 6.17. The summed E-state index contributed by atoms with van der Waals surface area (Å²) in [5.41, 5.74) is 2.53. The van der Waals surface area contributed by atoms with E-state index in [4.69, 9.17) is 0 Å². The summed E-state index contributed by atoms with van der Waals surface area (Å²) < 4.78 is 0. The number of hydrogen-bond donors (Lipinski definition) is 3. The second-order valence-corrected chi connectivity index (χ2v) is 7.57. The molecule has 0 unspecified atom stereocenters. The van der Waals surface area contributed by atoms with Crippen molar-refractivity contribution in [1.82, 2.24) is 20.8 Å². The molecule has 7 heteroatoms. The van der Waals surface area contributed by atoms with Crippen molar-refractivity contribution >= 4 is 41.3 Å². The van der Waals surface area contributed by atoms with Crippen molar-refractivity contribution in [2.75, 3.05) is 13.6 Å². The highest BCUT2D eigenvalue weighted by molar-refractivity contribution is 14.0. The average Bonchev–Trinajstić information content (AvgIpc) is 3.28. The second kappa shape index (κ2) is 9.56. The van der Waals surface area contributed by atoms with Crippen LogP contribution in [-0.2, 0) is 12.0 Å². The number of aliphatic imine (C=N–C) groups is 1. The lowest BCUT2D eigenvalue weighted by molar-refractivity contribution is 0.296. The average molecular weight is 473 g/mol. The van der Waals surface area contributed by atoms with Crippen LogP contribution in [0.15, 0.2) is 28.7 Å². The summed E-state index contributed by atoms with van der Waals surface area (Å²) >= 11 is 1.89. The zero-order chi connectivity index (χ0) is 16.8. The molecule has 2 aromatic rings. The monoisotopic (exact) mass is 473 g/mol. The van der Waals surface area contributed by atoms with Crippen LogP contribution >= 0.6 is 35.3 Å². The molecule has 0 radical (unpaired) electrons. The molecule has 3 N–H and O–H groups in total. The van der Waals surface area contributed by atoms with Crippen LogP contribution in [0.3, 0.4) is 0 Å². The maximum atomic E-state index is 4.38. The van der Waals surface area contributed by atoms with E-state index in [1.54, 1.807) is 0 Å². The van der Waals surface area contributed by atoms with Crippen LogP contribution in [0, 0.1) is 6.92 Å². The van der Waals surface area contributed by atoms with Crippen molar-refractivity contribution in [1.29, 1.82) is 0 Å². The normalized spacial score (nSPS) is 17.0. The lowest BCUT2D eigenvalue weighted by atomic mass is 9.73. The minimum absolute atomic E-state index is 0. The fourth-order valence-corrected chi connectivity index (χ4v) is 4.51. The lowest BCUT2D eigenvalue weighted by Crippen LogP contribution is -2.46. The SMILES string of the molecule is CN=C(NCc1cn[nH]c1C)NCC1(c2cccs2)CCCCC1.I. The first kappa shape index (κ1) is 20.2. The minimum atomic E-state index is 0. The molecule has 1 aliphatic rings. The highest BCUT2D eigenvalue weighted by atomic mass is 127. The first-order valence-corrected chi connectivity index (χ1v) is 9.59. The van der Waals surface area contributed by atoms with Crippen molar-refractivity contribution in [2.45, 2.75) is 51.0 Å². The number of rotatable bonds is 5. The molecule has 5 nitrogen and oxygen atoms in total. The number of H-pyrrole nitrogens is 1. The molecule has 0 aliphatic heterocycles. The van der Waals surface area contributed by atoms with Gasteiger partial charge in [0.05, 0.1) is 6.20 Å². The summed E-state index contributed by atoms with van der Waals surface area (Å²) in [6.07, 6.45) is 8.39. The van der Waals surface area contributed by atoms with Crippen molar-refractivity contribution in [3.63, 3.8) is 0 Å². The number of nitrogens with zero attached hydrogens (tertiary/aromatic N) is 2. The summed E-state index contributed by atoms with van der Waals surface area (Å²) in [6, 6.07) is 4.47. The van der Waals surface area contributed by atoms with Crippen molar-refractivity contribution in [2.24, 2.45) is 4.99 Å². The van der Waals surface area contributed by atoms with Crippen LogP contribution in [0.1, 0.15) is 48.2 Å². The van der Waals surface area contributed by atoms with Crippen LogP contribution < -0.4 is 10.6 Å². The van der Waals surface area contributed by atoms with Crippen LogP contribution in [0.4, 0.5) is 0 Å². The van der Waals surface area contributed by atoms with E-state index in [0.29, 0.717) is 0 Å². The van der Waals surface area contributed by atoms with E-state index in [0.717, 1.165) is 24.7 Å². The van der Waals surface area contributed by atoms with E-state index in [1.807, 2.05) is 31.5 Å². The number of halogens is 1. The summed E-state index contributed by atoms with van der Waals surface area (Å²) in [5.74, 6) is 0.858. The lowest BCUT2D eigenvalue weighted by Gasteiger charge is -2.37. The van der Waals surface area contributed by atoms with Crippen LogP contribution in [0.5, 0.6) is 0 Å². The second-order valence-electron chi connectivity index (χ2n) is 6.62. The first-order chi connectivity index (χ1) is 11.7. The molecular weight excluding hydrogens is 445 g/mol. The third kappa shape index (κ3) is 4.97. The van der Waals surface area contributed by atoms with Gasteiger partial charge in [0, 0.05) is 41.7 Å². The summed E-state index contributed by atoms with van der Waals surface area (Å²) in [5, 5.41) is 16.2. The van der Waals surface area contributed by atoms with Gasteiger partial charge in [0.25, 0.3) is 0 Å². The van der Waals surface area contributed by atoms with Gasteiger partial charge in [-0.25, -0.2) is 0 Å².